The van der Waals surface area contributed by atoms with Gasteiger partial charge >= 0.3 is 0 Å². The maximum absolute atomic E-state index is 6.57. The molecule has 2 heterocycles. The molecule has 4 rings (SSSR count). The number of unbranched alkanes of at least 4 members (excludes halogenated alkanes) is 1. The van der Waals surface area contributed by atoms with Crippen LogP contribution in [0.2, 0.25) is 20.1 Å². The van der Waals surface area contributed by atoms with E-state index in [4.69, 9.17) is 46.4 Å². The van der Waals surface area contributed by atoms with Crippen LogP contribution in [0.15, 0.2) is 48.8 Å². The van der Waals surface area contributed by atoms with E-state index in [1.165, 1.54) is 22.6 Å². The van der Waals surface area contributed by atoms with Gasteiger partial charge in [0.2, 0.25) is 11.4 Å². The van der Waals surface area contributed by atoms with Crippen LogP contribution in [0.1, 0.15) is 79.4 Å². The van der Waals surface area contributed by atoms with E-state index in [9.17, 15) is 0 Å². The molecule has 8 heteroatoms. The van der Waals surface area contributed by atoms with Crippen molar-refractivity contribution in [1.29, 1.82) is 0 Å². The molecule has 0 radical (unpaired) electrons. The smallest absolute Gasteiger partial charge is 0.211 e. The first-order chi connectivity index (χ1) is 20.8. The van der Waals surface area contributed by atoms with Crippen molar-refractivity contribution in [3.05, 3.63) is 80.0 Å². The second-order valence-electron chi connectivity index (χ2n) is 12.7. The molecular weight excluding hydrogens is 630 g/mol. The highest BCUT2D eigenvalue weighted by atomic mass is 35.5. The van der Waals surface area contributed by atoms with Gasteiger partial charge in [0.25, 0.3) is 0 Å². The van der Waals surface area contributed by atoms with Crippen molar-refractivity contribution in [2.75, 3.05) is 39.3 Å². The van der Waals surface area contributed by atoms with E-state index in [-0.39, 0.29) is 10.8 Å². The SMILES string of the molecule is CCN(C=CC1=[N+](CCCC[N+]2=C(C=CN(CC)CC)C(C)(C)c3cc(Cl)c(Cl)cc32)c2cc(Cl)c(Cl)cc2C1(C)C)CC. The first-order valence-electron chi connectivity index (χ1n) is 15.9. The van der Waals surface area contributed by atoms with Crippen LogP contribution in [0.3, 0.4) is 0 Å². The number of fused-ring (bicyclic) bond motifs is 2. The average molecular weight is 679 g/mol. The lowest BCUT2D eigenvalue weighted by Gasteiger charge is -2.18. The van der Waals surface area contributed by atoms with Gasteiger partial charge in [-0.3, -0.25) is 0 Å². The summed E-state index contributed by atoms with van der Waals surface area (Å²) in [5.41, 5.74) is 6.85. The molecule has 0 spiro atoms. The van der Waals surface area contributed by atoms with Gasteiger partial charge in [0.05, 0.1) is 30.9 Å². The second kappa shape index (κ2) is 14.2. The Balaban J connectivity index is 1.67. The highest BCUT2D eigenvalue weighted by Crippen LogP contribution is 2.45. The number of hydrogen-bond acceptors (Lipinski definition) is 2. The van der Waals surface area contributed by atoms with E-state index in [2.05, 4.69) is 98.9 Å². The Kier molecular flexibility index (Phi) is 11.3. The normalized spacial score (nSPS) is 16.9. The third kappa shape index (κ3) is 6.75. The lowest BCUT2D eigenvalue weighted by molar-refractivity contribution is -0.451. The van der Waals surface area contributed by atoms with Crippen LogP contribution < -0.4 is 0 Å². The molecule has 0 saturated carbocycles. The minimum atomic E-state index is -0.197. The Bertz CT molecular complexity index is 1390. The first-order valence-corrected chi connectivity index (χ1v) is 17.5. The Morgan fingerprint density at radius 1 is 0.568 bits per heavy atom. The Morgan fingerprint density at radius 2 is 0.886 bits per heavy atom. The molecule has 0 aromatic heterocycles. The molecule has 0 fully saturated rings. The summed E-state index contributed by atoms with van der Waals surface area (Å²) in [6.07, 6.45) is 11.0. The molecule has 0 aliphatic carbocycles. The largest absolute Gasteiger partial charge is 0.378 e. The fourth-order valence-corrected chi connectivity index (χ4v) is 7.21. The monoisotopic (exact) mass is 676 g/mol. The molecule has 2 aromatic rings. The van der Waals surface area contributed by atoms with Crippen molar-refractivity contribution < 1.29 is 9.15 Å². The van der Waals surface area contributed by atoms with E-state index in [1.54, 1.807) is 0 Å². The number of allylic oxidation sites excluding steroid dienone is 2. The van der Waals surface area contributed by atoms with E-state index >= 15 is 0 Å². The van der Waals surface area contributed by atoms with Crippen LogP contribution in [0.5, 0.6) is 0 Å². The second-order valence-corrected chi connectivity index (χ2v) is 14.3. The van der Waals surface area contributed by atoms with Gasteiger partial charge in [-0.25, -0.2) is 0 Å². The van der Waals surface area contributed by atoms with Crippen molar-refractivity contribution in [2.24, 2.45) is 0 Å². The molecule has 0 amide bonds. The summed E-state index contributed by atoms with van der Waals surface area (Å²) in [4.78, 5) is 4.63. The van der Waals surface area contributed by atoms with Crippen molar-refractivity contribution >= 4 is 69.2 Å². The lowest BCUT2D eigenvalue weighted by Crippen LogP contribution is -2.29. The molecule has 238 valence electrons. The van der Waals surface area contributed by atoms with Crippen molar-refractivity contribution in [2.45, 2.75) is 79.1 Å². The van der Waals surface area contributed by atoms with Crippen LogP contribution >= 0.6 is 46.4 Å². The van der Waals surface area contributed by atoms with Gasteiger partial charge in [-0.05, 0) is 67.5 Å². The number of rotatable bonds is 13. The number of benzene rings is 2. The van der Waals surface area contributed by atoms with E-state index in [1.807, 2.05) is 24.3 Å². The van der Waals surface area contributed by atoms with Crippen LogP contribution in [-0.2, 0) is 10.8 Å². The van der Waals surface area contributed by atoms with Gasteiger partial charge in [0.1, 0.15) is 13.1 Å². The first kappa shape index (κ1) is 34.9. The van der Waals surface area contributed by atoms with Gasteiger partial charge < -0.3 is 9.80 Å². The summed E-state index contributed by atoms with van der Waals surface area (Å²) in [7, 11) is 0. The number of nitrogens with zero attached hydrogens (tertiary/aromatic N) is 4. The van der Waals surface area contributed by atoms with Gasteiger partial charge in [-0.15, -0.1) is 0 Å². The predicted octanol–water partition coefficient (Wildman–Crippen LogP) is 10.2. The van der Waals surface area contributed by atoms with Gasteiger partial charge in [-0.1, -0.05) is 46.4 Å². The minimum Gasteiger partial charge on any atom is -0.378 e. The van der Waals surface area contributed by atoms with Gasteiger partial charge in [0, 0.05) is 86.8 Å². The van der Waals surface area contributed by atoms with Crippen LogP contribution in [0.4, 0.5) is 11.4 Å². The summed E-state index contributed by atoms with van der Waals surface area (Å²) in [5.74, 6) is 0. The van der Waals surface area contributed by atoms with Crippen molar-refractivity contribution in [1.82, 2.24) is 9.80 Å². The zero-order valence-electron chi connectivity index (χ0n) is 27.6. The third-order valence-electron chi connectivity index (χ3n) is 9.39. The quantitative estimate of drug-likeness (QED) is 0.155. The van der Waals surface area contributed by atoms with Crippen LogP contribution in [0, 0.1) is 0 Å². The van der Waals surface area contributed by atoms with E-state index in [0.29, 0.717) is 20.1 Å². The van der Waals surface area contributed by atoms with Crippen LogP contribution in [-0.4, -0.2) is 69.6 Å². The third-order valence-corrected chi connectivity index (χ3v) is 10.8. The number of halogens is 4. The average Bonchev–Trinajstić information content (AvgIpc) is 3.30. The van der Waals surface area contributed by atoms with Crippen molar-refractivity contribution in [3.63, 3.8) is 0 Å². The molecule has 2 aliphatic rings. The fourth-order valence-electron chi connectivity index (χ4n) is 6.57. The summed E-state index contributed by atoms with van der Waals surface area (Å²) in [6, 6.07) is 8.17. The summed E-state index contributed by atoms with van der Waals surface area (Å²) in [6.45, 7) is 23.5. The summed E-state index contributed by atoms with van der Waals surface area (Å²) in [5, 5.41) is 2.38. The fraction of sp³-hybridized carbons (Fsp3) is 0.500. The highest BCUT2D eigenvalue weighted by molar-refractivity contribution is 6.42. The predicted molar refractivity (Wildman–Crippen MR) is 192 cm³/mol. The molecule has 4 nitrogen and oxygen atoms in total. The van der Waals surface area contributed by atoms with Gasteiger partial charge in [-0.2, -0.15) is 9.15 Å². The van der Waals surface area contributed by atoms with Gasteiger partial charge in [0.15, 0.2) is 11.4 Å². The standard InChI is InChI=1S/C36H48Cl4N4/c1-9-41(10-2)19-15-33-35(5,6)25-21-27(37)29(39)23-31(25)43(33)17-13-14-18-44-32-24-30(40)28(38)22-26(32)36(7,8)34(44)16-20-42(11-3)12-4/h15-16,19-24H,9-14,17-18H2,1-8H3/q+2. The molecule has 0 bridgehead atoms. The zero-order valence-corrected chi connectivity index (χ0v) is 30.6. The molecule has 0 N–H and O–H groups in total. The molecule has 0 unspecified atom stereocenters. The molecule has 2 aliphatic heterocycles. The lowest BCUT2D eigenvalue weighted by atomic mass is 9.81. The van der Waals surface area contributed by atoms with E-state index < -0.39 is 0 Å². The highest BCUT2D eigenvalue weighted by Gasteiger charge is 2.46. The molecule has 0 saturated heterocycles. The minimum absolute atomic E-state index is 0.197. The summed E-state index contributed by atoms with van der Waals surface area (Å²) >= 11 is 26.2. The summed E-state index contributed by atoms with van der Waals surface area (Å²) < 4.78 is 4.89. The molecule has 0 atom stereocenters. The topological polar surface area (TPSA) is 12.5 Å². The van der Waals surface area contributed by atoms with E-state index in [0.717, 1.165) is 63.5 Å². The Morgan fingerprint density at radius 3 is 1.20 bits per heavy atom. The maximum atomic E-state index is 6.57. The number of hydrogen-bond donors (Lipinski definition) is 0. The maximum Gasteiger partial charge on any atom is 0.211 e. The Hall–Kier alpha value is -1.98. The Labute approximate surface area is 285 Å². The zero-order chi connectivity index (χ0) is 32.4. The molecule has 2 aromatic carbocycles. The molecule has 44 heavy (non-hydrogen) atoms. The molecular formula is C36H48Cl4N4+2. The van der Waals surface area contributed by atoms with Crippen molar-refractivity contribution in [3.8, 4) is 0 Å². The van der Waals surface area contributed by atoms with Crippen LogP contribution in [0.25, 0.3) is 0 Å².